The summed E-state index contributed by atoms with van der Waals surface area (Å²) in [6, 6.07) is 12.4. The van der Waals surface area contributed by atoms with Crippen LogP contribution in [-0.4, -0.2) is 27.3 Å². The number of aromatic carboxylic acids is 2. The molecule has 3 aromatic rings. The molecule has 0 saturated carbocycles. The van der Waals surface area contributed by atoms with Gasteiger partial charge in [-0.2, -0.15) is 0 Å². The van der Waals surface area contributed by atoms with Crippen molar-refractivity contribution in [1.29, 1.82) is 0 Å². The van der Waals surface area contributed by atoms with Gasteiger partial charge in [0.1, 0.15) is 5.75 Å². The Bertz CT molecular complexity index is 1040. The lowest BCUT2D eigenvalue weighted by atomic mass is 10.1. The molecule has 9 heteroatoms. The Balaban J connectivity index is 1.66. The number of phenols is 1. The van der Waals surface area contributed by atoms with Crippen LogP contribution in [0.3, 0.4) is 0 Å². The Morgan fingerprint density at radius 3 is 2.25 bits per heavy atom. The van der Waals surface area contributed by atoms with Gasteiger partial charge in [-0.3, -0.25) is 0 Å². The zero-order valence-corrected chi connectivity index (χ0v) is 15.3. The molecule has 0 unspecified atom stereocenters. The van der Waals surface area contributed by atoms with E-state index in [-0.39, 0.29) is 22.6 Å². The van der Waals surface area contributed by atoms with E-state index >= 15 is 0 Å². The molecule has 144 valence electrons. The van der Waals surface area contributed by atoms with E-state index in [4.69, 9.17) is 19.5 Å². The van der Waals surface area contributed by atoms with Gasteiger partial charge in [0.25, 0.3) is 0 Å². The summed E-state index contributed by atoms with van der Waals surface area (Å²) in [4.78, 5) is 27.7. The third kappa shape index (κ3) is 4.34. The van der Waals surface area contributed by atoms with Gasteiger partial charge in [-0.25, -0.2) is 15.1 Å². The van der Waals surface area contributed by atoms with Gasteiger partial charge in [0.15, 0.2) is 0 Å². The van der Waals surface area contributed by atoms with E-state index in [0.717, 1.165) is 34.4 Å². The van der Waals surface area contributed by atoms with Crippen LogP contribution in [0.25, 0.3) is 10.8 Å². The summed E-state index contributed by atoms with van der Waals surface area (Å²) in [5.41, 5.74) is 2.79. The summed E-state index contributed by atoms with van der Waals surface area (Å²) in [6.07, 6.45) is 0. The number of fused-ring (bicyclic) bond motifs is 1. The van der Waals surface area contributed by atoms with Crippen LogP contribution in [-0.2, 0) is 9.32 Å². The quantitative estimate of drug-likeness (QED) is 0.199. The number of hydrogen-bond acceptors (Lipinski definition) is 7. The van der Waals surface area contributed by atoms with Crippen molar-refractivity contribution in [3.8, 4) is 5.75 Å². The molecule has 0 spiro atoms. The van der Waals surface area contributed by atoms with Gasteiger partial charge in [-0.1, -0.05) is 12.1 Å². The fourth-order valence-electron chi connectivity index (χ4n) is 2.54. The second-order valence-electron chi connectivity index (χ2n) is 5.84. The van der Waals surface area contributed by atoms with Crippen LogP contribution in [0.1, 0.15) is 26.3 Å². The van der Waals surface area contributed by atoms with Crippen LogP contribution in [0.2, 0.25) is 0 Å². The summed E-state index contributed by atoms with van der Waals surface area (Å²) in [7, 11) is 0. The molecular weight excluding hydrogens is 386 g/mol. The van der Waals surface area contributed by atoms with Crippen molar-refractivity contribution in [2.75, 3.05) is 5.48 Å². The van der Waals surface area contributed by atoms with E-state index in [1.54, 1.807) is 25.1 Å². The van der Waals surface area contributed by atoms with Gasteiger partial charge in [0.05, 0.1) is 28.9 Å². The van der Waals surface area contributed by atoms with E-state index in [1.165, 1.54) is 12.1 Å². The van der Waals surface area contributed by atoms with Gasteiger partial charge in [-0.15, -0.1) is 9.32 Å². The zero-order chi connectivity index (χ0) is 20.3. The summed E-state index contributed by atoms with van der Waals surface area (Å²) in [6.45, 7) is 1.81. The number of aromatic hydroxyl groups is 1. The van der Waals surface area contributed by atoms with Crippen molar-refractivity contribution in [2.45, 2.75) is 11.8 Å². The molecule has 8 nitrogen and oxygen atoms in total. The van der Waals surface area contributed by atoms with Crippen molar-refractivity contribution in [2.24, 2.45) is 0 Å². The molecule has 0 atom stereocenters. The number of anilines is 1. The lowest BCUT2D eigenvalue weighted by molar-refractivity contribution is -0.161. The van der Waals surface area contributed by atoms with Crippen LogP contribution in [0.5, 0.6) is 5.75 Å². The molecule has 0 aliphatic carbocycles. The highest BCUT2D eigenvalue weighted by atomic mass is 32.2. The third-order valence-corrected chi connectivity index (χ3v) is 4.57. The minimum Gasteiger partial charge on any atom is -0.508 e. The van der Waals surface area contributed by atoms with E-state index in [9.17, 15) is 14.7 Å². The second-order valence-corrected chi connectivity index (χ2v) is 6.61. The summed E-state index contributed by atoms with van der Waals surface area (Å²) >= 11 is 0.891. The molecule has 28 heavy (non-hydrogen) atoms. The fourth-order valence-corrected chi connectivity index (χ4v) is 2.98. The van der Waals surface area contributed by atoms with Crippen molar-refractivity contribution in [1.82, 2.24) is 0 Å². The number of aryl methyl sites for hydroxylation is 1. The first-order valence-electron chi connectivity index (χ1n) is 7.95. The number of benzene rings is 3. The predicted molar refractivity (Wildman–Crippen MR) is 102 cm³/mol. The standard InChI is InChI=1S/C19H15NO7S/c1-10-16-9-15(4-2-11(16)3-5-17(10)21)28-27-26-20-14-7-12(18(22)23)6-13(8-14)19(24)25/h2-9,20-21H,1H3,(H,22,23)(H,24,25). The van der Waals surface area contributed by atoms with Gasteiger partial charge < -0.3 is 15.3 Å². The van der Waals surface area contributed by atoms with Crippen LogP contribution >= 0.6 is 12.0 Å². The topological polar surface area (TPSA) is 125 Å². The number of carbonyl (C=O) groups is 2. The highest BCUT2D eigenvalue weighted by Crippen LogP contribution is 2.30. The molecule has 0 saturated heterocycles. The van der Waals surface area contributed by atoms with E-state index in [2.05, 4.69) is 5.48 Å². The van der Waals surface area contributed by atoms with Crippen LogP contribution in [0, 0.1) is 6.92 Å². The van der Waals surface area contributed by atoms with Crippen LogP contribution in [0.4, 0.5) is 5.69 Å². The highest BCUT2D eigenvalue weighted by molar-refractivity contribution is 7.94. The second kappa shape index (κ2) is 8.17. The largest absolute Gasteiger partial charge is 0.508 e. The van der Waals surface area contributed by atoms with Gasteiger partial charge in [0.2, 0.25) is 0 Å². The molecule has 0 heterocycles. The number of carboxylic acid groups (broad SMARTS) is 2. The average molecular weight is 401 g/mol. The van der Waals surface area contributed by atoms with Crippen LogP contribution < -0.4 is 5.48 Å². The van der Waals surface area contributed by atoms with Gasteiger partial charge >= 0.3 is 11.9 Å². The molecule has 3 aromatic carbocycles. The maximum absolute atomic E-state index is 11.1. The molecule has 0 radical (unpaired) electrons. The molecule has 4 N–H and O–H groups in total. The Hall–Kier alpha value is -3.27. The number of carboxylic acids is 2. The molecule has 3 rings (SSSR count). The molecule has 0 amide bonds. The number of nitrogens with one attached hydrogen (secondary N) is 1. The zero-order valence-electron chi connectivity index (χ0n) is 14.5. The van der Waals surface area contributed by atoms with Gasteiger partial charge in [-0.05, 0) is 59.7 Å². The normalized spacial score (nSPS) is 10.8. The van der Waals surface area contributed by atoms with E-state index in [0.29, 0.717) is 4.90 Å². The Labute approximate surface area is 163 Å². The summed E-state index contributed by atoms with van der Waals surface area (Å²) < 4.78 is 4.99. The van der Waals surface area contributed by atoms with Crippen LogP contribution in [0.15, 0.2) is 53.4 Å². The Kier molecular flexibility index (Phi) is 5.69. The highest BCUT2D eigenvalue weighted by Gasteiger charge is 2.12. The van der Waals surface area contributed by atoms with E-state index < -0.39 is 11.9 Å². The summed E-state index contributed by atoms with van der Waals surface area (Å²) in [5.74, 6) is -2.34. The molecular formula is C19H15NO7S. The first kappa shape index (κ1) is 19.5. The third-order valence-electron chi connectivity index (χ3n) is 3.98. The lowest BCUT2D eigenvalue weighted by Crippen LogP contribution is -2.06. The van der Waals surface area contributed by atoms with Gasteiger partial charge in [0, 0.05) is 4.90 Å². The van der Waals surface area contributed by atoms with E-state index in [1.807, 2.05) is 12.1 Å². The first-order valence-corrected chi connectivity index (χ1v) is 8.69. The molecule has 0 aliphatic rings. The lowest BCUT2D eigenvalue weighted by Gasteiger charge is -2.09. The SMILES string of the molecule is Cc1c(O)ccc2ccc(SOONc3cc(C(=O)O)cc(C(=O)O)c3)cc12. The minimum atomic E-state index is -1.27. The molecule has 0 bridgehead atoms. The number of hydrogen-bond donors (Lipinski definition) is 4. The molecule has 0 aliphatic heterocycles. The monoisotopic (exact) mass is 401 g/mol. The first-order chi connectivity index (χ1) is 13.3. The Morgan fingerprint density at radius 1 is 0.964 bits per heavy atom. The average Bonchev–Trinajstić information content (AvgIpc) is 2.68. The fraction of sp³-hybridized carbons (Fsp3) is 0.0526. The smallest absolute Gasteiger partial charge is 0.335 e. The maximum Gasteiger partial charge on any atom is 0.335 e. The summed E-state index contributed by atoms with van der Waals surface area (Å²) in [5, 5.41) is 29.7. The molecule has 0 aromatic heterocycles. The Morgan fingerprint density at radius 2 is 1.61 bits per heavy atom. The maximum atomic E-state index is 11.1. The van der Waals surface area contributed by atoms with Crippen molar-refractivity contribution in [3.63, 3.8) is 0 Å². The number of phenolic OH excluding ortho intramolecular Hbond substituents is 1. The predicted octanol–water partition coefficient (Wildman–Crippen LogP) is 4.23. The van der Waals surface area contributed by atoms with Crippen molar-refractivity contribution < 1.29 is 34.2 Å². The number of rotatable bonds is 7. The van der Waals surface area contributed by atoms with Crippen molar-refractivity contribution >= 4 is 40.4 Å². The minimum absolute atomic E-state index is 0.108. The molecule has 0 fully saturated rings. The van der Waals surface area contributed by atoms with Crippen molar-refractivity contribution in [3.05, 3.63) is 65.2 Å².